The molecule has 152 valence electrons. The van der Waals surface area contributed by atoms with E-state index in [2.05, 4.69) is 9.71 Å². The fraction of sp³-hybridized carbons (Fsp3) is 0.765. The maximum Gasteiger partial charge on any atom is 0.315 e. The minimum atomic E-state index is -3.21. The highest BCUT2D eigenvalue weighted by Crippen LogP contribution is 2.39. The molecule has 0 bridgehead atoms. The van der Waals surface area contributed by atoms with Gasteiger partial charge in [0.05, 0.1) is 17.5 Å². The Kier molecular flexibility index (Phi) is 6.66. The minimum absolute atomic E-state index is 0.0532. The molecule has 2 unspecified atom stereocenters. The molecule has 0 radical (unpaired) electrons. The van der Waals surface area contributed by atoms with E-state index in [9.17, 15) is 13.2 Å². The van der Waals surface area contributed by atoms with Crippen molar-refractivity contribution in [1.29, 1.82) is 0 Å². The number of hydrogen-bond donors (Lipinski definition) is 2. The molecule has 2 atom stereocenters. The van der Waals surface area contributed by atoms with Gasteiger partial charge in [-0.25, -0.2) is 22.9 Å². The lowest BCUT2D eigenvalue weighted by Gasteiger charge is -2.43. The van der Waals surface area contributed by atoms with Crippen molar-refractivity contribution in [2.24, 2.45) is 5.73 Å². The molecule has 0 saturated heterocycles. The lowest BCUT2D eigenvalue weighted by atomic mass is 9.83. The van der Waals surface area contributed by atoms with Crippen molar-refractivity contribution in [2.75, 3.05) is 6.26 Å². The summed E-state index contributed by atoms with van der Waals surface area (Å²) in [6.45, 7) is 0. The van der Waals surface area contributed by atoms with Gasteiger partial charge in [-0.3, -0.25) is 0 Å². The zero-order valence-corrected chi connectivity index (χ0v) is 17.8. The van der Waals surface area contributed by atoms with Crippen molar-refractivity contribution in [2.45, 2.75) is 75.4 Å². The Morgan fingerprint density at radius 1 is 1.26 bits per heavy atom. The first kappa shape index (κ1) is 20.8. The molecule has 0 aromatic carbocycles. The largest absolute Gasteiger partial charge is 0.351 e. The second-order valence-corrected chi connectivity index (χ2v) is 11.1. The van der Waals surface area contributed by atoms with Crippen LogP contribution >= 0.6 is 22.9 Å². The molecule has 1 aromatic rings. The molecule has 1 heterocycles. The van der Waals surface area contributed by atoms with Gasteiger partial charge in [0.1, 0.15) is 4.34 Å². The van der Waals surface area contributed by atoms with Crippen molar-refractivity contribution >= 4 is 39.0 Å². The van der Waals surface area contributed by atoms with Gasteiger partial charge in [0.25, 0.3) is 0 Å². The maximum atomic E-state index is 12.3. The van der Waals surface area contributed by atoms with Crippen molar-refractivity contribution in [3.05, 3.63) is 15.5 Å². The van der Waals surface area contributed by atoms with E-state index >= 15 is 0 Å². The number of primary amides is 1. The summed E-state index contributed by atoms with van der Waals surface area (Å²) in [6, 6.07) is -0.253. The van der Waals surface area contributed by atoms with Crippen LogP contribution in [0.15, 0.2) is 6.20 Å². The monoisotopic (exact) mass is 434 g/mol. The van der Waals surface area contributed by atoms with Gasteiger partial charge in [-0.05, 0) is 44.9 Å². The number of nitrogens with two attached hydrogens (primary N) is 1. The van der Waals surface area contributed by atoms with Gasteiger partial charge in [0.2, 0.25) is 10.0 Å². The Balaban J connectivity index is 1.64. The van der Waals surface area contributed by atoms with Crippen LogP contribution in [-0.2, 0) is 10.0 Å². The number of nitrogens with zero attached hydrogens (tertiary/aromatic N) is 2. The molecule has 3 rings (SSSR count). The molecule has 0 spiro atoms. The van der Waals surface area contributed by atoms with Gasteiger partial charge >= 0.3 is 6.03 Å². The number of urea groups is 1. The predicted octanol–water partition coefficient (Wildman–Crippen LogP) is 3.06. The first-order valence-electron chi connectivity index (χ1n) is 9.39. The molecule has 2 aliphatic carbocycles. The Morgan fingerprint density at radius 3 is 2.52 bits per heavy atom. The summed E-state index contributed by atoms with van der Waals surface area (Å²) in [6.07, 6.45) is 9.72. The zero-order chi connectivity index (χ0) is 19.6. The highest BCUT2D eigenvalue weighted by atomic mass is 35.5. The summed E-state index contributed by atoms with van der Waals surface area (Å²) < 4.78 is 26.2. The second-order valence-electron chi connectivity index (χ2n) is 7.66. The minimum Gasteiger partial charge on any atom is -0.351 e. The van der Waals surface area contributed by atoms with Gasteiger partial charge in [-0.1, -0.05) is 18.0 Å². The molecule has 0 aliphatic heterocycles. The third-order valence-corrected chi connectivity index (χ3v) is 7.65. The number of thiazole rings is 1. The first-order chi connectivity index (χ1) is 12.7. The number of halogens is 1. The normalized spacial score (nSPS) is 29.4. The Labute approximate surface area is 169 Å². The van der Waals surface area contributed by atoms with Crippen molar-refractivity contribution in [3.63, 3.8) is 0 Å². The highest BCUT2D eigenvalue weighted by molar-refractivity contribution is 7.88. The summed E-state index contributed by atoms with van der Waals surface area (Å²) in [5, 5.41) is 1.04. The van der Waals surface area contributed by atoms with E-state index in [0.29, 0.717) is 10.3 Å². The predicted molar refractivity (Wildman–Crippen MR) is 108 cm³/mol. The number of carbonyl (C=O) groups is 1. The van der Waals surface area contributed by atoms with Crippen LogP contribution in [0.4, 0.5) is 4.79 Å². The van der Waals surface area contributed by atoms with Gasteiger partial charge in [-0.15, -0.1) is 11.3 Å². The molecule has 1 aromatic heterocycles. The van der Waals surface area contributed by atoms with Crippen LogP contribution in [0.25, 0.3) is 0 Å². The quantitative estimate of drug-likeness (QED) is 0.742. The fourth-order valence-corrected chi connectivity index (χ4v) is 6.45. The maximum absolute atomic E-state index is 12.3. The number of amides is 2. The Hall–Kier alpha value is -0.900. The average Bonchev–Trinajstić information content (AvgIpc) is 3.02. The van der Waals surface area contributed by atoms with Gasteiger partial charge in [0.15, 0.2) is 0 Å². The third kappa shape index (κ3) is 5.56. The lowest BCUT2D eigenvalue weighted by Crippen LogP contribution is -2.53. The van der Waals surface area contributed by atoms with E-state index in [0.717, 1.165) is 56.4 Å². The summed E-state index contributed by atoms with van der Waals surface area (Å²) in [4.78, 5) is 18.5. The molecule has 2 saturated carbocycles. The van der Waals surface area contributed by atoms with Crippen LogP contribution in [-0.4, -0.2) is 48.7 Å². The van der Waals surface area contributed by atoms with Crippen LogP contribution in [0.3, 0.4) is 0 Å². The number of sulfonamides is 1. The molecule has 3 N–H and O–H groups in total. The molecular weight excluding hydrogens is 408 g/mol. The van der Waals surface area contributed by atoms with Crippen LogP contribution < -0.4 is 10.5 Å². The zero-order valence-electron chi connectivity index (χ0n) is 15.4. The molecule has 7 nitrogen and oxygen atoms in total. The Morgan fingerprint density at radius 2 is 1.96 bits per heavy atom. The van der Waals surface area contributed by atoms with E-state index in [1.807, 2.05) is 4.90 Å². The molecule has 2 aliphatic rings. The lowest BCUT2D eigenvalue weighted by molar-refractivity contribution is 0.102. The summed E-state index contributed by atoms with van der Waals surface area (Å²) in [5.41, 5.74) is 5.76. The summed E-state index contributed by atoms with van der Waals surface area (Å²) >= 11 is 7.54. The molecule has 27 heavy (non-hydrogen) atoms. The van der Waals surface area contributed by atoms with Gasteiger partial charge in [0, 0.05) is 24.0 Å². The average molecular weight is 435 g/mol. The van der Waals surface area contributed by atoms with E-state index in [4.69, 9.17) is 17.3 Å². The van der Waals surface area contributed by atoms with Crippen molar-refractivity contribution < 1.29 is 13.2 Å². The fourth-order valence-electron chi connectivity index (χ4n) is 4.53. The smallest absolute Gasteiger partial charge is 0.315 e. The summed E-state index contributed by atoms with van der Waals surface area (Å²) in [7, 11) is -3.21. The van der Waals surface area contributed by atoms with Crippen molar-refractivity contribution in [3.8, 4) is 0 Å². The molecule has 2 fully saturated rings. The van der Waals surface area contributed by atoms with E-state index in [1.165, 1.54) is 17.6 Å². The topological polar surface area (TPSA) is 105 Å². The number of hydrogen-bond acceptors (Lipinski definition) is 5. The van der Waals surface area contributed by atoms with Crippen LogP contribution in [0.1, 0.15) is 62.3 Å². The van der Waals surface area contributed by atoms with Crippen LogP contribution in [0.2, 0.25) is 4.34 Å². The van der Waals surface area contributed by atoms with E-state index in [-0.39, 0.29) is 24.2 Å². The SMILES string of the molecule is CS(=O)(=O)NC1CCC(N(C(N)=O)C2CCCC(c3ncc(Cl)s3)C2)CC1. The number of nitrogens with one attached hydrogen (secondary N) is 1. The number of carbonyl (C=O) groups excluding carboxylic acids is 1. The number of rotatable bonds is 5. The Bertz CT molecular complexity index is 762. The molecule has 2 amide bonds. The van der Waals surface area contributed by atoms with Crippen LogP contribution in [0.5, 0.6) is 0 Å². The first-order valence-corrected chi connectivity index (χ1v) is 12.5. The standard InChI is InChI=1S/C17H27ClN4O3S2/c1-27(24,25)21-12-5-7-13(8-6-12)22(17(19)23)14-4-2-3-11(9-14)16-20-10-15(18)26-16/h10-14,21H,2-9H2,1H3,(H2,19,23). The molecule has 10 heteroatoms. The third-order valence-electron chi connectivity index (χ3n) is 5.61. The van der Waals surface area contributed by atoms with E-state index < -0.39 is 10.0 Å². The van der Waals surface area contributed by atoms with E-state index in [1.54, 1.807) is 6.20 Å². The van der Waals surface area contributed by atoms with Crippen LogP contribution in [0, 0.1) is 0 Å². The second kappa shape index (κ2) is 8.63. The molecular formula is C17H27ClN4O3S2. The highest BCUT2D eigenvalue weighted by Gasteiger charge is 2.36. The number of aromatic nitrogens is 1. The summed E-state index contributed by atoms with van der Waals surface area (Å²) in [5.74, 6) is 0.311. The van der Waals surface area contributed by atoms with Crippen molar-refractivity contribution in [1.82, 2.24) is 14.6 Å². The van der Waals surface area contributed by atoms with Gasteiger partial charge < -0.3 is 10.6 Å². The van der Waals surface area contributed by atoms with Gasteiger partial charge in [-0.2, -0.15) is 0 Å².